The highest BCUT2D eigenvalue weighted by Gasteiger charge is 2.13. The van der Waals surface area contributed by atoms with Crippen LogP contribution >= 0.6 is 11.3 Å². The lowest BCUT2D eigenvalue weighted by Gasteiger charge is -2.10. The van der Waals surface area contributed by atoms with Crippen molar-refractivity contribution in [1.29, 1.82) is 0 Å². The van der Waals surface area contributed by atoms with Crippen molar-refractivity contribution >= 4 is 44.9 Å². The van der Waals surface area contributed by atoms with Crippen LogP contribution in [0.1, 0.15) is 15.9 Å². The van der Waals surface area contributed by atoms with E-state index < -0.39 is 11.7 Å². The number of benzene rings is 2. The van der Waals surface area contributed by atoms with Gasteiger partial charge in [0.05, 0.1) is 15.8 Å². The van der Waals surface area contributed by atoms with Crippen molar-refractivity contribution < 1.29 is 9.18 Å². The van der Waals surface area contributed by atoms with Crippen LogP contribution < -0.4 is 16.0 Å². The minimum atomic E-state index is -0.619. The monoisotopic (exact) mass is 407 g/mol. The van der Waals surface area contributed by atoms with E-state index in [1.807, 2.05) is 41.8 Å². The first-order valence-electron chi connectivity index (χ1n) is 8.96. The molecule has 0 atom stereocenters. The number of amides is 1. The number of rotatable bonds is 6. The highest BCUT2D eigenvalue weighted by atomic mass is 32.1. The molecule has 4 rings (SSSR count). The van der Waals surface area contributed by atoms with Gasteiger partial charge in [-0.2, -0.15) is 4.98 Å². The fourth-order valence-corrected chi connectivity index (χ4v) is 3.70. The van der Waals surface area contributed by atoms with Gasteiger partial charge in [-0.3, -0.25) is 4.79 Å². The molecule has 0 radical (unpaired) electrons. The Labute approximate surface area is 170 Å². The van der Waals surface area contributed by atoms with Crippen LogP contribution in [0.4, 0.5) is 21.8 Å². The fourth-order valence-electron chi connectivity index (χ4n) is 2.87. The molecule has 1 amide bonds. The predicted octanol–water partition coefficient (Wildman–Crippen LogP) is 4.55. The summed E-state index contributed by atoms with van der Waals surface area (Å²) < 4.78 is 15.5. The van der Waals surface area contributed by atoms with E-state index in [1.165, 1.54) is 12.1 Å². The summed E-state index contributed by atoms with van der Waals surface area (Å²) in [6, 6.07) is 15.7. The zero-order valence-electron chi connectivity index (χ0n) is 15.6. The van der Waals surface area contributed by atoms with Gasteiger partial charge >= 0.3 is 0 Å². The van der Waals surface area contributed by atoms with Gasteiger partial charge in [-0.05, 0) is 35.2 Å². The molecule has 0 saturated heterocycles. The van der Waals surface area contributed by atoms with Crippen LogP contribution in [0.15, 0.2) is 60.0 Å². The first kappa shape index (κ1) is 18.8. The number of nitrogens with one attached hydrogen (secondary N) is 3. The lowest BCUT2D eigenvalue weighted by atomic mass is 10.1. The SMILES string of the molecule is CNc1nc(Nc2ccc(C(=O)NCc3ccccc3)c(F)c2)nc2ccsc12. The third kappa shape index (κ3) is 4.17. The van der Waals surface area contributed by atoms with Crippen LogP contribution in [-0.2, 0) is 6.54 Å². The molecule has 0 saturated carbocycles. The largest absolute Gasteiger partial charge is 0.372 e. The van der Waals surface area contributed by atoms with Crippen LogP contribution in [0, 0.1) is 5.82 Å². The van der Waals surface area contributed by atoms with Crippen LogP contribution in [0.5, 0.6) is 0 Å². The van der Waals surface area contributed by atoms with E-state index in [4.69, 9.17) is 0 Å². The summed E-state index contributed by atoms with van der Waals surface area (Å²) in [6.45, 7) is 0.334. The number of aromatic nitrogens is 2. The molecule has 0 fully saturated rings. The number of halogens is 1. The molecule has 0 bridgehead atoms. The standard InChI is InChI=1S/C21H18FN5OS/c1-23-19-18-17(9-10-29-18)26-21(27-19)25-14-7-8-15(16(22)11-14)20(28)24-12-13-5-3-2-4-6-13/h2-11H,12H2,1H3,(H,24,28)(H2,23,25,26,27). The Morgan fingerprint density at radius 2 is 1.93 bits per heavy atom. The molecule has 0 spiro atoms. The number of fused-ring (bicyclic) bond motifs is 1. The molecule has 2 aromatic heterocycles. The Bertz CT molecular complexity index is 1160. The van der Waals surface area contributed by atoms with Crippen LogP contribution in [0.3, 0.4) is 0 Å². The minimum absolute atomic E-state index is 0.0170. The third-order valence-corrected chi connectivity index (χ3v) is 5.22. The van der Waals surface area contributed by atoms with Gasteiger partial charge in [0.25, 0.3) is 5.91 Å². The molecular formula is C21H18FN5OS. The number of carbonyl (C=O) groups is 1. The average Bonchev–Trinajstić information content (AvgIpc) is 3.21. The van der Waals surface area contributed by atoms with Crippen molar-refractivity contribution in [1.82, 2.24) is 15.3 Å². The summed E-state index contributed by atoms with van der Waals surface area (Å²) in [7, 11) is 1.79. The van der Waals surface area contributed by atoms with Crippen molar-refractivity contribution in [3.05, 3.63) is 76.9 Å². The topological polar surface area (TPSA) is 78.9 Å². The zero-order valence-corrected chi connectivity index (χ0v) is 16.4. The van der Waals surface area contributed by atoms with E-state index in [-0.39, 0.29) is 5.56 Å². The number of nitrogens with zero attached hydrogens (tertiary/aromatic N) is 2. The number of hydrogen-bond acceptors (Lipinski definition) is 6. The summed E-state index contributed by atoms with van der Waals surface area (Å²) in [4.78, 5) is 21.2. The molecule has 0 unspecified atom stereocenters. The van der Waals surface area contributed by atoms with Gasteiger partial charge in [-0.25, -0.2) is 9.37 Å². The third-order valence-electron chi connectivity index (χ3n) is 4.31. The maximum Gasteiger partial charge on any atom is 0.254 e. The van der Waals surface area contributed by atoms with Crippen molar-refractivity contribution in [2.75, 3.05) is 17.7 Å². The average molecular weight is 407 g/mol. The van der Waals surface area contributed by atoms with E-state index in [9.17, 15) is 9.18 Å². The van der Waals surface area contributed by atoms with Crippen molar-refractivity contribution in [3.8, 4) is 0 Å². The highest BCUT2D eigenvalue weighted by molar-refractivity contribution is 7.17. The molecule has 0 aliphatic rings. The summed E-state index contributed by atoms with van der Waals surface area (Å²) in [5.41, 5.74) is 2.19. The van der Waals surface area contributed by atoms with Gasteiger partial charge in [0.1, 0.15) is 11.6 Å². The molecule has 29 heavy (non-hydrogen) atoms. The number of anilines is 3. The Morgan fingerprint density at radius 1 is 1.10 bits per heavy atom. The fraction of sp³-hybridized carbons (Fsp3) is 0.0952. The summed E-state index contributed by atoms with van der Waals surface area (Å²) in [6.07, 6.45) is 0. The molecule has 0 aliphatic carbocycles. The Balaban J connectivity index is 1.49. The van der Waals surface area contributed by atoms with Crippen LogP contribution in [0.2, 0.25) is 0 Å². The van der Waals surface area contributed by atoms with Crippen LogP contribution in [-0.4, -0.2) is 22.9 Å². The van der Waals surface area contributed by atoms with E-state index in [2.05, 4.69) is 25.9 Å². The van der Waals surface area contributed by atoms with Crippen molar-refractivity contribution in [2.24, 2.45) is 0 Å². The molecule has 0 aliphatic heterocycles. The molecule has 146 valence electrons. The highest BCUT2D eigenvalue weighted by Crippen LogP contribution is 2.28. The predicted molar refractivity (Wildman–Crippen MR) is 114 cm³/mol. The molecule has 6 nitrogen and oxygen atoms in total. The second kappa shape index (κ2) is 8.24. The molecular weight excluding hydrogens is 389 g/mol. The number of thiophene rings is 1. The normalized spacial score (nSPS) is 10.7. The van der Waals surface area contributed by atoms with Gasteiger partial charge in [-0.15, -0.1) is 11.3 Å². The first-order valence-corrected chi connectivity index (χ1v) is 9.83. The lowest BCUT2D eigenvalue weighted by molar-refractivity contribution is 0.0947. The molecule has 4 aromatic rings. The summed E-state index contributed by atoms with van der Waals surface area (Å²) in [5, 5.41) is 10.7. The van der Waals surface area contributed by atoms with Crippen LogP contribution in [0.25, 0.3) is 10.2 Å². The van der Waals surface area contributed by atoms with Gasteiger partial charge in [-0.1, -0.05) is 30.3 Å². The van der Waals surface area contributed by atoms with Gasteiger partial charge in [0, 0.05) is 19.3 Å². The maximum absolute atomic E-state index is 14.5. The van der Waals surface area contributed by atoms with E-state index in [1.54, 1.807) is 24.5 Å². The Kier molecular flexibility index (Phi) is 5.35. The minimum Gasteiger partial charge on any atom is -0.372 e. The van der Waals surface area contributed by atoms with Crippen molar-refractivity contribution in [2.45, 2.75) is 6.54 Å². The maximum atomic E-state index is 14.5. The molecule has 3 N–H and O–H groups in total. The van der Waals surface area contributed by atoms with E-state index in [0.717, 1.165) is 15.8 Å². The van der Waals surface area contributed by atoms with Gasteiger partial charge in [0.2, 0.25) is 5.95 Å². The molecule has 8 heteroatoms. The lowest BCUT2D eigenvalue weighted by Crippen LogP contribution is -2.23. The second-order valence-corrected chi connectivity index (χ2v) is 7.18. The molecule has 2 aromatic carbocycles. The smallest absolute Gasteiger partial charge is 0.254 e. The molecule has 2 heterocycles. The van der Waals surface area contributed by atoms with Gasteiger partial charge in [0.15, 0.2) is 0 Å². The summed E-state index contributed by atoms with van der Waals surface area (Å²) in [5.74, 6) is -0.0388. The Hall–Kier alpha value is -3.52. The Morgan fingerprint density at radius 3 is 2.69 bits per heavy atom. The zero-order chi connectivity index (χ0) is 20.2. The van der Waals surface area contributed by atoms with Gasteiger partial charge < -0.3 is 16.0 Å². The van der Waals surface area contributed by atoms with E-state index in [0.29, 0.717) is 24.0 Å². The number of carbonyl (C=O) groups excluding carboxylic acids is 1. The number of hydrogen-bond donors (Lipinski definition) is 3. The quantitative estimate of drug-likeness (QED) is 0.437. The second-order valence-electron chi connectivity index (χ2n) is 6.27. The summed E-state index contributed by atoms with van der Waals surface area (Å²) >= 11 is 1.54. The first-order chi connectivity index (χ1) is 14.1. The van der Waals surface area contributed by atoms with Crippen molar-refractivity contribution in [3.63, 3.8) is 0 Å². The van der Waals surface area contributed by atoms with E-state index >= 15 is 0 Å².